The molecule has 5 heterocycles. The zero-order valence-electron chi connectivity index (χ0n) is 15.5. The van der Waals surface area contributed by atoms with Gasteiger partial charge in [0.15, 0.2) is 5.72 Å². The van der Waals surface area contributed by atoms with Crippen molar-refractivity contribution in [3.8, 4) is 0 Å². The second-order valence-electron chi connectivity index (χ2n) is 8.00. The molecule has 3 saturated heterocycles. The lowest BCUT2D eigenvalue weighted by atomic mass is 9.54. The number of nitrogens with one attached hydrogen (secondary N) is 1. The van der Waals surface area contributed by atoms with Gasteiger partial charge in [0, 0.05) is 35.8 Å². The molecule has 2 unspecified atom stereocenters. The van der Waals surface area contributed by atoms with Crippen LogP contribution in [0.2, 0.25) is 0 Å². The Kier molecular flexibility index (Phi) is 3.42. The molecule has 6 rings (SSSR count). The summed E-state index contributed by atoms with van der Waals surface area (Å²) in [4.78, 5) is 18.4. The second-order valence-corrected chi connectivity index (χ2v) is 8.00. The number of aromatic nitrogens is 1. The minimum absolute atomic E-state index is 0.250. The zero-order valence-corrected chi connectivity index (χ0v) is 15.5. The predicted octanol–water partition coefficient (Wildman–Crippen LogP) is 1.67. The highest BCUT2D eigenvalue weighted by atomic mass is 16.5. The van der Waals surface area contributed by atoms with Crippen LogP contribution in [-0.4, -0.2) is 52.4 Å². The summed E-state index contributed by atoms with van der Waals surface area (Å²) in [6.07, 6.45) is 2.96. The van der Waals surface area contributed by atoms with E-state index in [1.54, 1.807) is 0 Å². The number of methoxy groups -OCH3 is 1. The van der Waals surface area contributed by atoms with Gasteiger partial charge < -0.3 is 19.9 Å². The molecule has 4 aliphatic heterocycles. The molecular weight excluding hydrogens is 344 g/mol. The van der Waals surface area contributed by atoms with Crippen LogP contribution in [0.1, 0.15) is 24.6 Å². The number of aliphatic hydroxyl groups excluding tert-OH is 1. The number of rotatable bonds is 2. The third-order valence-corrected chi connectivity index (χ3v) is 7.17. The Morgan fingerprint density at radius 2 is 2.22 bits per heavy atom. The van der Waals surface area contributed by atoms with Gasteiger partial charge in [0.2, 0.25) is 0 Å². The summed E-state index contributed by atoms with van der Waals surface area (Å²) < 4.78 is 5.17. The number of aromatic amines is 1. The number of allylic oxidation sites excluding steroid dienone is 1. The van der Waals surface area contributed by atoms with Crippen LogP contribution in [0.5, 0.6) is 0 Å². The number of hydrogen-bond donors (Lipinski definition) is 3. The van der Waals surface area contributed by atoms with E-state index in [1.165, 1.54) is 7.11 Å². The van der Waals surface area contributed by atoms with Crippen LogP contribution in [0.3, 0.4) is 0 Å². The number of aliphatic hydroxyl groups is 2. The van der Waals surface area contributed by atoms with E-state index < -0.39 is 17.1 Å². The summed E-state index contributed by atoms with van der Waals surface area (Å²) in [6.45, 7) is 2.25. The van der Waals surface area contributed by atoms with Gasteiger partial charge in [-0.15, -0.1) is 0 Å². The van der Waals surface area contributed by atoms with Crippen molar-refractivity contribution < 1.29 is 19.7 Å². The van der Waals surface area contributed by atoms with Crippen molar-refractivity contribution in [3.05, 3.63) is 47.2 Å². The van der Waals surface area contributed by atoms with Crippen LogP contribution < -0.4 is 0 Å². The Hall–Kier alpha value is -2.15. The van der Waals surface area contributed by atoms with Crippen molar-refractivity contribution in [2.75, 3.05) is 20.3 Å². The average molecular weight is 368 g/mol. The van der Waals surface area contributed by atoms with E-state index in [9.17, 15) is 15.0 Å². The third-order valence-electron chi connectivity index (χ3n) is 7.17. The van der Waals surface area contributed by atoms with Crippen molar-refractivity contribution in [3.63, 3.8) is 0 Å². The topological polar surface area (TPSA) is 85.8 Å². The molecule has 6 nitrogen and oxygen atoms in total. The Morgan fingerprint density at radius 3 is 2.93 bits per heavy atom. The van der Waals surface area contributed by atoms with E-state index in [4.69, 9.17) is 4.74 Å². The van der Waals surface area contributed by atoms with E-state index in [-0.39, 0.29) is 18.6 Å². The highest BCUT2D eigenvalue weighted by molar-refractivity contribution is 5.86. The lowest BCUT2D eigenvalue weighted by molar-refractivity contribution is -0.252. The molecule has 3 fully saturated rings. The first kappa shape index (κ1) is 17.0. The molecule has 1 aromatic heterocycles. The molecule has 1 aromatic carbocycles. The highest BCUT2D eigenvalue weighted by Gasteiger charge is 2.69. The number of hydrogen-bond acceptors (Lipinski definition) is 5. The van der Waals surface area contributed by atoms with Gasteiger partial charge in [-0.05, 0) is 25.0 Å². The van der Waals surface area contributed by atoms with Crippen LogP contribution in [0, 0.1) is 11.3 Å². The lowest BCUT2D eigenvalue weighted by Crippen LogP contribution is -2.75. The number of carbonyl (C=O) groups is 1. The van der Waals surface area contributed by atoms with Gasteiger partial charge in [0.25, 0.3) is 0 Å². The van der Waals surface area contributed by atoms with Gasteiger partial charge in [0.1, 0.15) is 5.41 Å². The number of esters is 1. The lowest BCUT2D eigenvalue weighted by Gasteiger charge is -2.65. The van der Waals surface area contributed by atoms with Crippen LogP contribution in [0.15, 0.2) is 35.9 Å². The van der Waals surface area contributed by atoms with E-state index in [0.717, 1.165) is 27.7 Å². The van der Waals surface area contributed by atoms with Crippen molar-refractivity contribution in [2.24, 2.45) is 11.3 Å². The maximum Gasteiger partial charge on any atom is 0.316 e. The molecule has 0 amide bonds. The normalized spacial score (nSPS) is 38.2. The first-order chi connectivity index (χ1) is 13.0. The minimum atomic E-state index is -1.17. The number of benzene rings is 1. The van der Waals surface area contributed by atoms with Gasteiger partial charge in [-0.3, -0.25) is 9.69 Å². The number of piperidine rings is 3. The number of para-hydroxylation sites is 1. The molecule has 0 saturated carbocycles. The number of fused-ring (bicyclic) bond motifs is 4. The molecule has 0 aliphatic carbocycles. The predicted molar refractivity (Wildman–Crippen MR) is 99.8 cm³/mol. The fourth-order valence-electron chi connectivity index (χ4n) is 5.89. The van der Waals surface area contributed by atoms with Crippen LogP contribution in [0.4, 0.5) is 0 Å². The van der Waals surface area contributed by atoms with Crippen molar-refractivity contribution in [2.45, 2.75) is 31.5 Å². The van der Waals surface area contributed by atoms with Crippen LogP contribution in [0.25, 0.3) is 10.9 Å². The molecular formula is C21H24N2O4. The Balaban J connectivity index is 1.78. The summed E-state index contributed by atoms with van der Waals surface area (Å²) in [7, 11) is 1.37. The van der Waals surface area contributed by atoms with Crippen molar-refractivity contribution in [1.29, 1.82) is 0 Å². The van der Waals surface area contributed by atoms with Crippen molar-refractivity contribution in [1.82, 2.24) is 9.88 Å². The maximum atomic E-state index is 13.0. The quantitative estimate of drug-likeness (QED) is 0.555. The summed E-state index contributed by atoms with van der Waals surface area (Å²) in [5.41, 5.74) is 1.71. The molecule has 5 atom stereocenters. The molecule has 4 bridgehead atoms. The summed E-state index contributed by atoms with van der Waals surface area (Å²) in [6, 6.07) is 7.69. The van der Waals surface area contributed by atoms with Gasteiger partial charge in [-0.2, -0.15) is 0 Å². The summed E-state index contributed by atoms with van der Waals surface area (Å²) >= 11 is 0. The first-order valence-electron chi connectivity index (χ1n) is 9.44. The van der Waals surface area contributed by atoms with Gasteiger partial charge in [-0.1, -0.05) is 29.8 Å². The van der Waals surface area contributed by atoms with Gasteiger partial charge in [0.05, 0.1) is 19.4 Å². The molecule has 2 aromatic rings. The molecule has 0 spiro atoms. The monoisotopic (exact) mass is 368 g/mol. The molecule has 4 aliphatic rings. The smallest absolute Gasteiger partial charge is 0.316 e. The van der Waals surface area contributed by atoms with E-state index >= 15 is 0 Å². The molecule has 27 heavy (non-hydrogen) atoms. The Bertz CT molecular complexity index is 980. The summed E-state index contributed by atoms with van der Waals surface area (Å²) in [5.74, 6) is -0.645. The fourth-order valence-corrected chi connectivity index (χ4v) is 5.89. The van der Waals surface area contributed by atoms with E-state index in [2.05, 4.69) is 4.98 Å². The number of ether oxygens (including phenoxy) is 1. The van der Waals surface area contributed by atoms with Gasteiger partial charge in [-0.25, -0.2) is 0 Å². The van der Waals surface area contributed by atoms with E-state index in [1.807, 2.05) is 42.2 Å². The number of carbonyl (C=O) groups excluding carboxylic acids is 1. The minimum Gasteiger partial charge on any atom is -0.468 e. The highest BCUT2D eigenvalue weighted by Crippen LogP contribution is 2.61. The molecule has 6 heteroatoms. The standard InChI is InChI=1S/C21H24N2O4/c1-3-12-10-23-17-8-14-13-6-4-5-7-16(13)22-18(14)21(23,26)9-15(12)20(17,11-24)19(25)27-2/h3-7,15,17,22,24,26H,8-11H2,1-2H3/b12-3+/t15-,17+,20?,21-/m0/s1. The zero-order chi connectivity index (χ0) is 19.0. The first-order valence-corrected chi connectivity index (χ1v) is 9.44. The number of nitrogens with zero attached hydrogens (tertiary/aromatic N) is 1. The summed E-state index contributed by atoms with van der Waals surface area (Å²) in [5, 5.41) is 23.3. The molecule has 0 radical (unpaired) electrons. The number of H-pyrrole nitrogens is 1. The van der Waals surface area contributed by atoms with Gasteiger partial charge >= 0.3 is 5.97 Å². The van der Waals surface area contributed by atoms with Crippen molar-refractivity contribution >= 4 is 16.9 Å². The fraction of sp³-hybridized carbons (Fsp3) is 0.476. The van der Waals surface area contributed by atoms with Crippen LogP contribution in [-0.2, 0) is 21.7 Å². The van der Waals surface area contributed by atoms with E-state index in [0.29, 0.717) is 19.4 Å². The average Bonchev–Trinajstić information content (AvgIpc) is 3.07. The second kappa shape index (κ2) is 5.44. The Morgan fingerprint density at radius 1 is 1.44 bits per heavy atom. The third kappa shape index (κ3) is 1.83. The largest absolute Gasteiger partial charge is 0.468 e. The SMILES string of the molecule is C/C=C1\CN2[C@@H]3Cc4c([nH]c5ccccc45)[C@@]2(O)C[C@@H]1C3(CO)C(=O)OC. The molecule has 142 valence electrons. The molecule has 3 N–H and O–H groups in total. The maximum absolute atomic E-state index is 13.0. The van der Waals surface area contributed by atoms with Crippen LogP contribution >= 0.6 is 0 Å². The Labute approximate surface area is 157 Å².